The SMILES string of the molecule is COC(=O)N1CC(c2ccc(Cl)cc2)N=NN1C(=O)O. The standard InChI is InChI=1S/C11H11ClN4O4/c1-20-11(19)15-6-9(13-14-16(15)10(17)18)7-2-4-8(12)5-3-7/h2-5,9H,6H2,1H3,(H,17,18). The van der Waals surface area contributed by atoms with E-state index in [0.717, 1.165) is 17.7 Å². The molecule has 0 bridgehead atoms. The number of nitrogens with zero attached hydrogens (tertiary/aromatic N) is 4. The molecule has 0 saturated heterocycles. The second-order valence-electron chi connectivity index (χ2n) is 3.90. The van der Waals surface area contributed by atoms with Crippen LogP contribution in [0.2, 0.25) is 5.02 Å². The average molecular weight is 299 g/mol. The van der Waals surface area contributed by atoms with Gasteiger partial charge in [-0.05, 0) is 22.9 Å². The number of carbonyl (C=O) groups is 2. The van der Waals surface area contributed by atoms with Crippen molar-refractivity contribution >= 4 is 23.8 Å². The number of ether oxygens (including phenoxy) is 1. The molecule has 2 amide bonds. The third-order valence-corrected chi connectivity index (χ3v) is 2.91. The van der Waals surface area contributed by atoms with E-state index in [2.05, 4.69) is 15.1 Å². The number of hydrazine groups is 1. The molecule has 1 N–H and O–H groups in total. The van der Waals surface area contributed by atoms with Crippen LogP contribution in [0, 0.1) is 0 Å². The Kier molecular flexibility index (Phi) is 4.04. The van der Waals surface area contributed by atoms with E-state index >= 15 is 0 Å². The highest BCUT2D eigenvalue weighted by Gasteiger charge is 2.34. The number of carboxylic acid groups (broad SMARTS) is 1. The average Bonchev–Trinajstić information content (AvgIpc) is 2.46. The van der Waals surface area contributed by atoms with E-state index in [1.54, 1.807) is 24.3 Å². The van der Waals surface area contributed by atoms with Gasteiger partial charge in [0.15, 0.2) is 0 Å². The second kappa shape index (κ2) is 5.74. The fraction of sp³-hybridized carbons (Fsp3) is 0.273. The first-order chi connectivity index (χ1) is 9.52. The molecular weight excluding hydrogens is 288 g/mol. The number of rotatable bonds is 1. The first-order valence-corrected chi connectivity index (χ1v) is 5.95. The molecule has 1 atom stereocenters. The minimum atomic E-state index is -1.42. The predicted molar refractivity (Wildman–Crippen MR) is 68.0 cm³/mol. The van der Waals surface area contributed by atoms with Crippen LogP contribution in [0.4, 0.5) is 9.59 Å². The largest absolute Gasteiger partial charge is 0.462 e. The summed E-state index contributed by atoms with van der Waals surface area (Å²) in [6, 6.07) is 6.34. The normalized spacial score (nSPS) is 18.0. The van der Waals surface area contributed by atoms with Crippen molar-refractivity contribution in [3.8, 4) is 0 Å². The molecule has 0 saturated carbocycles. The van der Waals surface area contributed by atoms with Gasteiger partial charge in [-0.25, -0.2) is 9.59 Å². The van der Waals surface area contributed by atoms with Gasteiger partial charge < -0.3 is 9.84 Å². The maximum Gasteiger partial charge on any atom is 0.449 e. The highest BCUT2D eigenvalue weighted by molar-refractivity contribution is 6.30. The molecule has 0 fully saturated rings. The van der Waals surface area contributed by atoms with Crippen molar-refractivity contribution in [2.45, 2.75) is 6.04 Å². The van der Waals surface area contributed by atoms with Gasteiger partial charge in [-0.1, -0.05) is 28.9 Å². The van der Waals surface area contributed by atoms with Crippen molar-refractivity contribution in [3.05, 3.63) is 34.9 Å². The summed E-state index contributed by atoms with van der Waals surface area (Å²) in [6.07, 6.45) is -2.25. The van der Waals surface area contributed by atoms with Crippen LogP contribution in [0.1, 0.15) is 11.6 Å². The summed E-state index contributed by atoms with van der Waals surface area (Å²) in [5.41, 5.74) is 0.761. The lowest BCUT2D eigenvalue weighted by Gasteiger charge is -2.31. The summed E-state index contributed by atoms with van der Waals surface area (Å²) >= 11 is 5.79. The molecule has 2 rings (SSSR count). The van der Waals surface area contributed by atoms with Gasteiger partial charge in [-0.15, -0.1) is 0 Å². The van der Waals surface area contributed by atoms with E-state index in [0.29, 0.717) is 10.1 Å². The van der Waals surface area contributed by atoms with Gasteiger partial charge in [0.25, 0.3) is 0 Å². The maximum atomic E-state index is 11.6. The third-order valence-electron chi connectivity index (χ3n) is 2.66. The monoisotopic (exact) mass is 298 g/mol. The summed E-state index contributed by atoms with van der Waals surface area (Å²) in [7, 11) is 1.16. The van der Waals surface area contributed by atoms with Gasteiger partial charge in [0, 0.05) is 5.02 Å². The minimum absolute atomic E-state index is 0.00407. The molecule has 1 heterocycles. The number of hydrogen-bond acceptors (Lipinski definition) is 5. The molecule has 1 aliphatic rings. The Balaban J connectivity index is 2.26. The second-order valence-corrected chi connectivity index (χ2v) is 4.33. The van der Waals surface area contributed by atoms with E-state index < -0.39 is 18.2 Å². The molecule has 106 valence electrons. The topological polar surface area (TPSA) is 94.8 Å². The molecule has 1 aliphatic heterocycles. The van der Waals surface area contributed by atoms with Crippen LogP contribution < -0.4 is 0 Å². The maximum absolute atomic E-state index is 11.6. The molecule has 0 aliphatic carbocycles. The van der Waals surface area contributed by atoms with Crippen LogP contribution in [0.25, 0.3) is 0 Å². The van der Waals surface area contributed by atoms with Gasteiger partial charge in [0.2, 0.25) is 0 Å². The Morgan fingerprint density at radius 3 is 2.60 bits per heavy atom. The minimum Gasteiger partial charge on any atom is -0.462 e. The number of hydrogen-bond donors (Lipinski definition) is 1. The summed E-state index contributed by atoms with van der Waals surface area (Å²) < 4.78 is 4.53. The molecule has 20 heavy (non-hydrogen) atoms. The van der Waals surface area contributed by atoms with Crippen molar-refractivity contribution in [2.75, 3.05) is 13.7 Å². The zero-order valence-electron chi connectivity index (χ0n) is 10.4. The Hall–Kier alpha value is -2.35. The van der Waals surface area contributed by atoms with Crippen LogP contribution in [0.15, 0.2) is 34.6 Å². The third kappa shape index (κ3) is 2.80. The molecule has 0 aromatic heterocycles. The van der Waals surface area contributed by atoms with Crippen LogP contribution >= 0.6 is 11.6 Å². The molecule has 1 unspecified atom stereocenters. The van der Waals surface area contributed by atoms with Crippen LogP contribution in [0.3, 0.4) is 0 Å². The highest BCUT2D eigenvalue weighted by atomic mass is 35.5. The predicted octanol–water partition coefficient (Wildman–Crippen LogP) is 2.73. The van der Waals surface area contributed by atoms with Gasteiger partial charge in [0.1, 0.15) is 6.04 Å². The van der Waals surface area contributed by atoms with E-state index in [4.69, 9.17) is 16.7 Å². The molecule has 1 aromatic carbocycles. The molecule has 8 nitrogen and oxygen atoms in total. The first-order valence-electron chi connectivity index (χ1n) is 5.57. The molecular formula is C11H11ClN4O4. The van der Waals surface area contributed by atoms with Crippen LogP contribution in [0.5, 0.6) is 0 Å². The summed E-state index contributed by atoms with van der Waals surface area (Å²) in [5.74, 6) is 0. The van der Waals surface area contributed by atoms with E-state index in [-0.39, 0.29) is 6.54 Å². The van der Waals surface area contributed by atoms with Crippen LogP contribution in [-0.4, -0.2) is 41.1 Å². The van der Waals surface area contributed by atoms with E-state index in [1.807, 2.05) is 0 Å². The first kappa shape index (κ1) is 14.1. The van der Waals surface area contributed by atoms with Crippen molar-refractivity contribution in [2.24, 2.45) is 10.3 Å². The molecule has 9 heteroatoms. The smallest absolute Gasteiger partial charge is 0.449 e. The Bertz CT molecular complexity index is 548. The number of benzene rings is 1. The molecule has 0 radical (unpaired) electrons. The van der Waals surface area contributed by atoms with Gasteiger partial charge in [0.05, 0.1) is 13.7 Å². The Labute approximate surface area is 119 Å². The lowest BCUT2D eigenvalue weighted by Crippen LogP contribution is -2.49. The molecule has 1 aromatic rings. The van der Waals surface area contributed by atoms with Gasteiger partial charge in [-0.2, -0.15) is 10.1 Å². The fourth-order valence-electron chi connectivity index (χ4n) is 1.69. The number of halogens is 1. The lowest BCUT2D eigenvalue weighted by molar-refractivity contribution is -0.0280. The van der Waals surface area contributed by atoms with Crippen molar-refractivity contribution in [1.82, 2.24) is 10.1 Å². The van der Waals surface area contributed by atoms with E-state index in [9.17, 15) is 9.59 Å². The van der Waals surface area contributed by atoms with Crippen LogP contribution in [-0.2, 0) is 4.74 Å². The fourth-order valence-corrected chi connectivity index (χ4v) is 1.82. The zero-order valence-corrected chi connectivity index (χ0v) is 11.2. The number of amides is 2. The highest BCUT2D eigenvalue weighted by Crippen LogP contribution is 2.26. The van der Waals surface area contributed by atoms with Gasteiger partial charge in [-0.3, -0.25) is 0 Å². The quantitative estimate of drug-likeness (QED) is 0.862. The number of methoxy groups -OCH3 is 1. The summed E-state index contributed by atoms with van der Waals surface area (Å²) in [6.45, 7) is 0.00407. The summed E-state index contributed by atoms with van der Waals surface area (Å²) in [5, 5.41) is 18.2. The Morgan fingerprint density at radius 1 is 1.40 bits per heavy atom. The molecule has 0 spiro atoms. The number of carbonyl (C=O) groups excluding carboxylic acids is 1. The van der Waals surface area contributed by atoms with Crippen molar-refractivity contribution < 1.29 is 19.4 Å². The van der Waals surface area contributed by atoms with Crippen molar-refractivity contribution in [3.63, 3.8) is 0 Å². The summed E-state index contributed by atoms with van der Waals surface area (Å²) in [4.78, 5) is 22.6. The zero-order chi connectivity index (χ0) is 14.7. The van der Waals surface area contributed by atoms with Crippen molar-refractivity contribution in [1.29, 1.82) is 0 Å². The Morgan fingerprint density at radius 2 is 2.05 bits per heavy atom. The van der Waals surface area contributed by atoms with Gasteiger partial charge >= 0.3 is 12.2 Å². The van der Waals surface area contributed by atoms with E-state index in [1.165, 1.54) is 0 Å². The lowest BCUT2D eigenvalue weighted by atomic mass is 10.1.